The number of piperidine rings is 1. The van der Waals surface area contributed by atoms with Gasteiger partial charge in [0, 0.05) is 28.2 Å². The van der Waals surface area contributed by atoms with Gasteiger partial charge in [-0.25, -0.2) is 0 Å². The summed E-state index contributed by atoms with van der Waals surface area (Å²) in [7, 11) is 0. The second-order valence-electron chi connectivity index (χ2n) is 4.50. The lowest BCUT2D eigenvalue weighted by Crippen LogP contribution is -2.41. The van der Waals surface area contributed by atoms with E-state index >= 15 is 0 Å². The van der Waals surface area contributed by atoms with Crippen LogP contribution in [0.5, 0.6) is 0 Å². The average molecular weight is 274 g/mol. The van der Waals surface area contributed by atoms with Gasteiger partial charge in [-0.3, -0.25) is 4.90 Å². The van der Waals surface area contributed by atoms with Crippen LogP contribution in [0.1, 0.15) is 24.8 Å². The molecule has 1 aromatic rings. The molecule has 1 unspecified atom stereocenters. The van der Waals surface area contributed by atoms with Crippen LogP contribution in [-0.2, 0) is 6.54 Å². The van der Waals surface area contributed by atoms with Crippen molar-refractivity contribution < 1.29 is 5.11 Å². The Labute approximate surface area is 112 Å². The number of benzene rings is 1. The molecule has 17 heavy (non-hydrogen) atoms. The minimum Gasteiger partial charge on any atom is -0.395 e. The number of hydrogen-bond acceptors (Lipinski definition) is 2. The standard InChI is InChI=1S/C13H17Cl2NO/c14-12-5-3-6-13(15)11(12)8-16-7-2-1-4-10(16)9-17/h3,5-6,10,17H,1-2,4,7-9H2. The van der Waals surface area contributed by atoms with Crippen LogP contribution in [0, 0.1) is 0 Å². The molecule has 0 saturated carbocycles. The lowest BCUT2D eigenvalue weighted by Gasteiger charge is -2.34. The van der Waals surface area contributed by atoms with Crippen LogP contribution in [0.4, 0.5) is 0 Å². The highest BCUT2D eigenvalue weighted by atomic mass is 35.5. The summed E-state index contributed by atoms with van der Waals surface area (Å²) in [4.78, 5) is 2.27. The summed E-state index contributed by atoms with van der Waals surface area (Å²) >= 11 is 12.3. The summed E-state index contributed by atoms with van der Waals surface area (Å²) in [6.45, 7) is 1.94. The van der Waals surface area contributed by atoms with Crippen molar-refractivity contribution in [1.29, 1.82) is 0 Å². The Hall–Kier alpha value is -0.280. The maximum atomic E-state index is 9.37. The van der Waals surface area contributed by atoms with Gasteiger partial charge in [0.1, 0.15) is 0 Å². The summed E-state index contributed by atoms with van der Waals surface area (Å²) in [6, 6.07) is 5.82. The van der Waals surface area contributed by atoms with Gasteiger partial charge in [0.15, 0.2) is 0 Å². The molecular formula is C13H17Cl2NO. The Morgan fingerprint density at radius 2 is 1.94 bits per heavy atom. The molecule has 1 heterocycles. The van der Waals surface area contributed by atoms with E-state index in [4.69, 9.17) is 23.2 Å². The number of aliphatic hydroxyl groups is 1. The summed E-state index contributed by atoms with van der Waals surface area (Å²) < 4.78 is 0. The van der Waals surface area contributed by atoms with E-state index in [1.807, 2.05) is 18.2 Å². The summed E-state index contributed by atoms with van der Waals surface area (Å²) in [5, 5.41) is 10.8. The van der Waals surface area contributed by atoms with Gasteiger partial charge in [-0.1, -0.05) is 35.7 Å². The summed E-state index contributed by atoms with van der Waals surface area (Å²) in [6.07, 6.45) is 3.43. The first kappa shape index (κ1) is 13.2. The van der Waals surface area contributed by atoms with Crippen molar-refractivity contribution in [1.82, 2.24) is 4.90 Å². The van der Waals surface area contributed by atoms with Crippen LogP contribution in [0.25, 0.3) is 0 Å². The Bertz CT molecular complexity index is 363. The van der Waals surface area contributed by atoms with Crippen molar-refractivity contribution in [3.8, 4) is 0 Å². The fourth-order valence-corrected chi connectivity index (χ4v) is 2.88. The van der Waals surface area contributed by atoms with Crippen molar-refractivity contribution in [2.45, 2.75) is 31.8 Å². The van der Waals surface area contributed by atoms with Crippen LogP contribution in [0.3, 0.4) is 0 Å². The van der Waals surface area contributed by atoms with E-state index in [-0.39, 0.29) is 12.6 Å². The fourth-order valence-electron chi connectivity index (χ4n) is 2.36. The number of rotatable bonds is 3. The Kier molecular flexibility index (Phi) is 4.69. The van der Waals surface area contributed by atoms with Gasteiger partial charge >= 0.3 is 0 Å². The molecule has 1 aliphatic heterocycles. The van der Waals surface area contributed by atoms with Gasteiger partial charge in [-0.05, 0) is 31.5 Å². The second-order valence-corrected chi connectivity index (χ2v) is 5.32. The average Bonchev–Trinajstić information content (AvgIpc) is 2.34. The minimum atomic E-state index is 0.210. The first-order chi connectivity index (χ1) is 8.22. The first-order valence-electron chi connectivity index (χ1n) is 6.00. The lowest BCUT2D eigenvalue weighted by atomic mass is 10.0. The van der Waals surface area contributed by atoms with E-state index in [2.05, 4.69) is 4.90 Å². The molecule has 94 valence electrons. The normalized spacial score (nSPS) is 21.7. The Morgan fingerprint density at radius 1 is 1.24 bits per heavy atom. The lowest BCUT2D eigenvalue weighted by molar-refractivity contribution is 0.0842. The summed E-state index contributed by atoms with van der Waals surface area (Å²) in [5.74, 6) is 0. The van der Waals surface area contributed by atoms with Crippen molar-refractivity contribution >= 4 is 23.2 Å². The van der Waals surface area contributed by atoms with Gasteiger partial charge in [-0.15, -0.1) is 0 Å². The third kappa shape index (κ3) is 3.14. The van der Waals surface area contributed by atoms with Crippen molar-refractivity contribution in [2.24, 2.45) is 0 Å². The van der Waals surface area contributed by atoms with E-state index in [9.17, 15) is 5.11 Å². The molecule has 0 spiro atoms. The van der Waals surface area contributed by atoms with Gasteiger partial charge in [0.25, 0.3) is 0 Å². The smallest absolute Gasteiger partial charge is 0.0586 e. The summed E-state index contributed by atoms with van der Waals surface area (Å²) in [5.41, 5.74) is 0.969. The molecule has 1 N–H and O–H groups in total. The molecular weight excluding hydrogens is 257 g/mol. The highest BCUT2D eigenvalue weighted by Crippen LogP contribution is 2.28. The molecule has 1 aliphatic rings. The first-order valence-corrected chi connectivity index (χ1v) is 6.75. The number of hydrogen-bond donors (Lipinski definition) is 1. The Balaban J connectivity index is 2.13. The predicted octanol–water partition coefficient (Wildman–Crippen LogP) is 3.34. The number of likely N-dealkylation sites (tertiary alicyclic amines) is 1. The molecule has 4 heteroatoms. The molecule has 0 aliphatic carbocycles. The minimum absolute atomic E-state index is 0.210. The molecule has 1 saturated heterocycles. The number of halogens is 2. The molecule has 1 atom stereocenters. The SMILES string of the molecule is OCC1CCCCN1Cc1c(Cl)cccc1Cl. The third-order valence-electron chi connectivity index (χ3n) is 3.38. The quantitative estimate of drug-likeness (QED) is 0.913. The number of nitrogens with zero attached hydrogens (tertiary/aromatic N) is 1. The molecule has 1 fully saturated rings. The van der Waals surface area contributed by atoms with Gasteiger partial charge in [0.05, 0.1) is 6.61 Å². The maximum absolute atomic E-state index is 9.37. The van der Waals surface area contributed by atoms with Gasteiger partial charge < -0.3 is 5.11 Å². The van der Waals surface area contributed by atoms with Crippen LogP contribution >= 0.6 is 23.2 Å². The van der Waals surface area contributed by atoms with E-state index in [1.165, 1.54) is 12.8 Å². The predicted molar refractivity (Wildman–Crippen MR) is 71.6 cm³/mol. The molecule has 1 aromatic carbocycles. The molecule has 0 aromatic heterocycles. The van der Waals surface area contributed by atoms with Gasteiger partial charge in [-0.2, -0.15) is 0 Å². The van der Waals surface area contributed by atoms with Crippen molar-refractivity contribution in [3.05, 3.63) is 33.8 Å². The van der Waals surface area contributed by atoms with Crippen molar-refractivity contribution in [3.63, 3.8) is 0 Å². The van der Waals surface area contributed by atoms with Crippen LogP contribution in [0.15, 0.2) is 18.2 Å². The van der Waals surface area contributed by atoms with Crippen molar-refractivity contribution in [2.75, 3.05) is 13.2 Å². The fraction of sp³-hybridized carbons (Fsp3) is 0.538. The second kappa shape index (κ2) is 6.05. The third-order valence-corrected chi connectivity index (χ3v) is 4.09. The zero-order valence-electron chi connectivity index (χ0n) is 9.70. The van der Waals surface area contributed by atoms with Crippen LogP contribution in [-0.4, -0.2) is 29.2 Å². The monoisotopic (exact) mass is 273 g/mol. The van der Waals surface area contributed by atoms with E-state index in [0.717, 1.165) is 25.1 Å². The topological polar surface area (TPSA) is 23.5 Å². The van der Waals surface area contributed by atoms with E-state index in [1.54, 1.807) is 0 Å². The zero-order chi connectivity index (χ0) is 12.3. The largest absolute Gasteiger partial charge is 0.395 e. The highest BCUT2D eigenvalue weighted by Gasteiger charge is 2.22. The zero-order valence-corrected chi connectivity index (χ0v) is 11.2. The van der Waals surface area contributed by atoms with E-state index < -0.39 is 0 Å². The Morgan fingerprint density at radius 3 is 2.59 bits per heavy atom. The highest BCUT2D eigenvalue weighted by molar-refractivity contribution is 6.35. The number of aliphatic hydroxyl groups excluding tert-OH is 1. The maximum Gasteiger partial charge on any atom is 0.0586 e. The molecule has 0 amide bonds. The van der Waals surface area contributed by atoms with E-state index in [0.29, 0.717) is 10.0 Å². The molecule has 0 bridgehead atoms. The molecule has 2 nitrogen and oxygen atoms in total. The molecule has 2 rings (SSSR count). The molecule has 0 radical (unpaired) electrons. The van der Waals surface area contributed by atoms with Crippen LogP contribution < -0.4 is 0 Å². The van der Waals surface area contributed by atoms with Crippen LogP contribution in [0.2, 0.25) is 10.0 Å². The van der Waals surface area contributed by atoms with Gasteiger partial charge in [0.2, 0.25) is 0 Å².